The van der Waals surface area contributed by atoms with E-state index in [-0.39, 0.29) is 11.4 Å². The van der Waals surface area contributed by atoms with Crippen LogP contribution in [0.5, 0.6) is 0 Å². The van der Waals surface area contributed by atoms with E-state index in [0.717, 1.165) is 26.1 Å². The number of rotatable bonds is 14. The van der Waals surface area contributed by atoms with Crippen molar-refractivity contribution in [3.8, 4) is 0 Å². The van der Waals surface area contributed by atoms with Gasteiger partial charge in [-0.2, -0.15) is 0 Å². The van der Waals surface area contributed by atoms with Crippen LogP contribution in [0.25, 0.3) is 0 Å². The molecule has 0 radical (unpaired) electrons. The van der Waals surface area contributed by atoms with E-state index in [1.165, 1.54) is 38.5 Å². The summed E-state index contributed by atoms with van der Waals surface area (Å²) in [6.45, 7) is 20.4. The van der Waals surface area contributed by atoms with Gasteiger partial charge in [0.15, 0.2) is 0 Å². The first-order chi connectivity index (χ1) is 11.8. The Bertz CT molecular complexity index is 290. The van der Waals surface area contributed by atoms with E-state index in [1.54, 1.807) is 0 Å². The fourth-order valence-electron chi connectivity index (χ4n) is 3.07. The molecule has 0 rings (SSSR count). The molecule has 3 nitrogen and oxygen atoms in total. The van der Waals surface area contributed by atoms with Gasteiger partial charge < -0.3 is 4.74 Å². The smallest absolute Gasteiger partial charge is 0.311 e. The molecule has 0 saturated heterocycles. The fraction of sp³-hybridized carbons (Fsp3) is 0.955. The van der Waals surface area contributed by atoms with Gasteiger partial charge in [-0.25, -0.2) is 0 Å². The van der Waals surface area contributed by atoms with Crippen molar-refractivity contribution < 1.29 is 9.53 Å². The average molecular weight is 358 g/mol. The van der Waals surface area contributed by atoms with E-state index in [1.807, 2.05) is 27.7 Å². The molecule has 0 bridgehead atoms. The van der Waals surface area contributed by atoms with Crippen molar-refractivity contribution >= 4 is 5.97 Å². The highest BCUT2D eigenvalue weighted by Gasteiger charge is 2.30. The first-order valence-electron chi connectivity index (χ1n) is 10.7. The molecular formula is C22H47NO2. The molecule has 0 fully saturated rings. The van der Waals surface area contributed by atoms with Gasteiger partial charge in [0.1, 0.15) is 6.61 Å². The average Bonchev–Trinajstić information content (AvgIpc) is 2.55. The van der Waals surface area contributed by atoms with Crippen LogP contribution in [0.4, 0.5) is 0 Å². The molecule has 25 heavy (non-hydrogen) atoms. The molecule has 0 aliphatic carbocycles. The maximum absolute atomic E-state index is 12.3. The minimum absolute atomic E-state index is 0.0479. The molecule has 0 aromatic heterocycles. The standard InChI is InChI=1S/C20H41NO2.C2H6/c1-7-9-11-13-21(14-12-10-8-2)15-16-23-19(22)20(5,6)17-18(3)4;1-2/h18H,7-17H2,1-6H3;1-2H3. The molecule has 0 aliphatic rings. The summed E-state index contributed by atoms with van der Waals surface area (Å²) in [5.41, 5.74) is -0.372. The van der Waals surface area contributed by atoms with E-state index in [9.17, 15) is 4.79 Å². The largest absolute Gasteiger partial charge is 0.464 e. The minimum atomic E-state index is -0.372. The monoisotopic (exact) mass is 357 g/mol. The number of esters is 1. The molecule has 0 saturated carbocycles. The maximum Gasteiger partial charge on any atom is 0.311 e. The van der Waals surface area contributed by atoms with E-state index in [2.05, 4.69) is 32.6 Å². The quantitative estimate of drug-likeness (QED) is 0.269. The molecule has 0 aromatic carbocycles. The highest BCUT2D eigenvalue weighted by Crippen LogP contribution is 2.26. The molecular weight excluding hydrogens is 310 g/mol. The third-order valence-corrected chi connectivity index (χ3v) is 4.27. The number of unbranched alkanes of at least 4 members (excludes halogenated alkanes) is 4. The zero-order chi connectivity index (χ0) is 19.7. The fourth-order valence-corrected chi connectivity index (χ4v) is 3.07. The molecule has 0 spiro atoms. The lowest BCUT2D eigenvalue weighted by Crippen LogP contribution is -2.33. The third kappa shape index (κ3) is 15.4. The van der Waals surface area contributed by atoms with Crippen LogP contribution in [0, 0.1) is 11.3 Å². The molecule has 0 N–H and O–H groups in total. The highest BCUT2D eigenvalue weighted by atomic mass is 16.5. The molecule has 152 valence electrons. The molecule has 0 unspecified atom stereocenters. The summed E-state index contributed by atoms with van der Waals surface area (Å²) in [5, 5.41) is 0. The second-order valence-electron chi connectivity index (χ2n) is 7.87. The van der Waals surface area contributed by atoms with Crippen molar-refractivity contribution in [2.45, 2.75) is 100 Å². The summed E-state index contributed by atoms with van der Waals surface area (Å²) in [6.07, 6.45) is 8.44. The van der Waals surface area contributed by atoms with Crippen LogP contribution in [0.15, 0.2) is 0 Å². The lowest BCUT2D eigenvalue weighted by molar-refractivity contribution is -0.155. The zero-order valence-electron chi connectivity index (χ0n) is 18.6. The van der Waals surface area contributed by atoms with Gasteiger partial charge in [0.25, 0.3) is 0 Å². The predicted octanol–water partition coefficient (Wildman–Crippen LogP) is 6.31. The summed E-state index contributed by atoms with van der Waals surface area (Å²) < 4.78 is 5.57. The van der Waals surface area contributed by atoms with Gasteiger partial charge >= 0.3 is 5.97 Å². The van der Waals surface area contributed by atoms with Gasteiger partial charge in [-0.05, 0) is 52.1 Å². The molecule has 0 atom stereocenters. The second kappa shape index (κ2) is 16.9. The Morgan fingerprint density at radius 3 is 1.80 bits per heavy atom. The van der Waals surface area contributed by atoms with Gasteiger partial charge in [-0.1, -0.05) is 67.2 Å². The molecule has 0 aliphatic heterocycles. The Kier molecular flexibility index (Phi) is 18.0. The number of carbonyl (C=O) groups is 1. The van der Waals surface area contributed by atoms with Crippen molar-refractivity contribution in [2.75, 3.05) is 26.2 Å². The van der Waals surface area contributed by atoms with Crippen molar-refractivity contribution in [1.29, 1.82) is 0 Å². The Balaban J connectivity index is 0. The topological polar surface area (TPSA) is 29.5 Å². The number of carbonyl (C=O) groups excluding carboxylic acids is 1. The van der Waals surface area contributed by atoms with Gasteiger partial charge in [0, 0.05) is 6.54 Å². The normalized spacial score (nSPS) is 11.4. The number of hydrogen-bond donors (Lipinski definition) is 0. The van der Waals surface area contributed by atoms with Crippen LogP contribution in [-0.2, 0) is 9.53 Å². The summed E-state index contributed by atoms with van der Waals surface area (Å²) in [7, 11) is 0. The number of nitrogens with zero attached hydrogens (tertiary/aromatic N) is 1. The Labute approximate surface area is 158 Å². The maximum atomic E-state index is 12.3. The van der Waals surface area contributed by atoms with Gasteiger partial charge in [-0.15, -0.1) is 0 Å². The Morgan fingerprint density at radius 2 is 1.40 bits per heavy atom. The van der Waals surface area contributed by atoms with Crippen LogP contribution in [0.2, 0.25) is 0 Å². The first-order valence-corrected chi connectivity index (χ1v) is 10.7. The van der Waals surface area contributed by atoms with E-state index < -0.39 is 0 Å². The van der Waals surface area contributed by atoms with Crippen molar-refractivity contribution in [3.63, 3.8) is 0 Å². The Morgan fingerprint density at radius 1 is 0.920 bits per heavy atom. The van der Waals surface area contributed by atoms with Crippen molar-refractivity contribution in [3.05, 3.63) is 0 Å². The van der Waals surface area contributed by atoms with Crippen LogP contribution < -0.4 is 0 Å². The highest BCUT2D eigenvalue weighted by molar-refractivity contribution is 5.75. The lowest BCUT2D eigenvalue weighted by Gasteiger charge is -2.26. The molecule has 3 heteroatoms. The first kappa shape index (κ1) is 26.7. The van der Waals surface area contributed by atoms with Gasteiger partial charge in [0.2, 0.25) is 0 Å². The molecule has 0 amide bonds. The molecule has 0 heterocycles. The second-order valence-corrected chi connectivity index (χ2v) is 7.87. The summed E-state index contributed by atoms with van der Waals surface area (Å²) >= 11 is 0. The summed E-state index contributed by atoms with van der Waals surface area (Å²) in [6, 6.07) is 0. The molecule has 0 aromatic rings. The summed E-state index contributed by atoms with van der Waals surface area (Å²) in [4.78, 5) is 14.7. The third-order valence-electron chi connectivity index (χ3n) is 4.27. The number of hydrogen-bond acceptors (Lipinski definition) is 3. The Hall–Kier alpha value is -0.570. The van der Waals surface area contributed by atoms with E-state index >= 15 is 0 Å². The van der Waals surface area contributed by atoms with Crippen LogP contribution >= 0.6 is 0 Å². The minimum Gasteiger partial charge on any atom is -0.464 e. The van der Waals surface area contributed by atoms with Gasteiger partial charge in [-0.3, -0.25) is 9.69 Å². The van der Waals surface area contributed by atoms with E-state index in [4.69, 9.17) is 4.74 Å². The summed E-state index contributed by atoms with van der Waals surface area (Å²) in [5.74, 6) is 0.463. The van der Waals surface area contributed by atoms with Crippen LogP contribution in [0.3, 0.4) is 0 Å². The van der Waals surface area contributed by atoms with E-state index in [0.29, 0.717) is 12.5 Å². The zero-order valence-corrected chi connectivity index (χ0v) is 18.6. The number of ether oxygens (including phenoxy) is 1. The van der Waals surface area contributed by atoms with Crippen LogP contribution in [-0.4, -0.2) is 37.1 Å². The van der Waals surface area contributed by atoms with Crippen molar-refractivity contribution in [2.24, 2.45) is 11.3 Å². The van der Waals surface area contributed by atoms with Crippen molar-refractivity contribution in [1.82, 2.24) is 4.90 Å². The lowest BCUT2D eigenvalue weighted by atomic mass is 9.84. The predicted molar refractivity (Wildman–Crippen MR) is 111 cm³/mol. The van der Waals surface area contributed by atoms with Crippen LogP contribution in [0.1, 0.15) is 100 Å². The van der Waals surface area contributed by atoms with Gasteiger partial charge in [0.05, 0.1) is 5.41 Å². The SMILES string of the molecule is CC.CCCCCN(CCCCC)CCOC(=O)C(C)(C)CC(C)C.